The molecular weight excluding hydrogens is 228 g/mol. The van der Waals surface area contributed by atoms with Gasteiger partial charge in [0.05, 0.1) is 5.60 Å². The Morgan fingerprint density at radius 3 is 2.50 bits per heavy atom. The van der Waals surface area contributed by atoms with E-state index in [9.17, 15) is 15.0 Å². The lowest BCUT2D eigenvalue weighted by Gasteiger charge is -2.43. The number of carboxylic acid groups (broad SMARTS) is 1. The maximum atomic E-state index is 11.2. The van der Waals surface area contributed by atoms with E-state index in [0.717, 1.165) is 31.3 Å². The molecule has 2 N–H and O–H groups in total. The van der Waals surface area contributed by atoms with Crippen LogP contribution in [0.25, 0.3) is 0 Å². The van der Waals surface area contributed by atoms with E-state index in [4.69, 9.17) is 0 Å². The molecule has 2 aliphatic rings. The normalized spacial score (nSPS) is 41.4. The zero-order chi connectivity index (χ0) is 13.7. The lowest BCUT2D eigenvalue weighted by molar-refractivity contribution is -0.132. The van der Waals surface area contributed by atoms with Crippen LogP contribution in [-0.4, -0.2) is 21.8 Å². The van der Waals surface area contributed by atoms with Gasteiger partial charge in [0.2, 0.25) is 0 Å². The average Bonchev–Trinajstić information content (AvgIpc) is 2.51. The summed E-state index contributed by atoms with van der Waals surface area (Å²) in [4.78, 5) is 11.2. The molecule has 0 aromatic carbocycles. The largest absolute Gasteiger partial charge is 0.478 e. The standard InChI is InChI=1S/C15H24O3/c1-9(13(16)17)11-7-14(2,3)8-12-10(11)5-6-15(12,4)18/h10,12,18H,5-8H2,1-4H3,(H,16,17)/b11-9-/t10-,12-,15-/m0/s1. The Hall–Kier alpha value is -0.830. The third kappa shape index (κ3) is 2.20. The van der Waals surface area contributed by atoms with Gasteiger partial charge in [-0.25, -0.2) is 4.79 Å². The highest BCUT2D eigenvalue weighted by atomic mass is 16.4. The number of hydrogen-bond acceptors (Lipinski definition) is 2. The summed E-state index contributed by atoms with van der Waals surface area (Å²) in [5, 5.41) is 19.7. The minimum atomic E-state index is -0.812. The van der Waals surface area contributed by atoms with E-state index in [1.807, 2.05) is 6.92 Å². The molecule has 3 heteroatoms. The highest BCUT2D eigenvalue weighted by Gasteiger charge is 2.51. The molecule has 102 valence electrons. The van der Waals surface area contributed by atoms with Crippen molar-refractivity contribution >= 4 is 5.97 Å². The monoisotopic (exact) mass is 252 g/mol. The van der Waals surface area contributed by atoms with Crippen molar-refractivity contribution in [3.8, 4) is 0 Å². The Kier molecular flexibility index (Phi) is 3.09. The summed E-state index contributed by atoms with van der Waals surface area (Å²) in [6.07, 6.45) is 3.55. The Morgan fingerprint density at radius 1 is 1.33 bits per heavy atom. The van der Waals surface area contributed by atoms with E-state index in [0.29, 0.717) is 5.57 Å². The third-order valence-electron chi connectivity index (χ3n) is 4.94. The first-order valence-corrected chi connectivity index (χ1v) is 6.79. The molecule has 0 saturated heterocycles. The SMILES string of the molecule is C/C(C(=O)O)=C1\CC(C)(C)C[C@H]2[C@H]1CC[C@]2(C)O. The molecule has 0 spiro atoms. The van der Waals surface area contributed by atoms with E-state index in [1.54, 1.807) is 6.92 Å². The van der Waals surface area contributed by atoms with Crippen molar-refractivity contribution in [2.45, 2.75) is 59.0 Å². The predicted octanol–water partition coefficient (Wildman–Crippen LogP) is 2.98. The summed E-state index contributed by atoms with van der Waals surface area (Å²) in [6, 6.07) is 0. The van der Waals surface area contributed by atoms with E-state index in [2.05, 4.69) is 13.8 Å². The first kappa shape index (κ1) is 13.6. The van der Waals surface area contributed by atoms with Gasteiger partial charge in [-0.3, -0.25) is 0 Å². The van der Waals surface area contributed by atoms with Crippen LogP contribution in [0.5, 0.6) is 0 Å². The molecule has 0 aliphatic heterocycles. The molecule has 3 nitrogen and oxygen atoms in total. The number of carbonyl (C=O) groups is 1. The first-order valence-electron chi connectivity index (χ1n) is 6.79. The molecule has 0 aromatic rings. The van der Waals surface area contributed by atoms with Gasteiger partial charge in [-0.05, 0) is 56.8 Å². The van der Waals surface area contributed by atoms with Crippen LogP contribution < -0.4 is 0 Å². The van der Waals surface area contributed by atoms with Gasteiger partial charge >= 0.3 is 5.97 Å². The molecule has 0 radical (unpaired) electrons. The van der Waals surface area contributed by atoms with Crippen LogP contribution >= 0.6 is 0 Å². The minimum Gasteiger partial charge on any atom is -0.478 e. The van der Waals surface area contributed by atoms with Crippen molar-refractivity contribution in [1.29, 1.82) is 0 Å². The smallest absolute Gasteiger partial charge is 0.331 e. The summed E-state index contributed by atoms with van der Waals surface area (Å²) < 4.78 is 0. The van der Waals surface area contributed by atoms with Crippen LogP contribution in [0, 0.1) is 17.3 Å². The van der Waals surface area contributed by atoms with Crippen LogP contribution in [-0.2, 0) is 4.79 Å². The zero-order valence-electron chi connectivity index (χ0n) is 11.8. The van der Waals surface area contributed by atoms with Crippen molar-refractivity contribution < 1.29 is 15.0 Å². The third-order valence-corrected chi connectivity index (χ3v) is 4.94. The Morgan fingerprint density at radius 2 is 1.94 bits per heavy atom. The van der Waals surface area contributed by atoms with Gasteiger partial charge in [-0.1, -0.05) is 19.4 Å². The summed E-state index contributed by atoms with van der Waals surface area (Å²) in [6.45, 7) is 7.97. The Bertz CT molecular complexity index is 404. The Balaban J connectivity index is 2.43. The molecule has 3 atom stereocenters. The summed E-state index contributed by atoms with van der Waals surface area (Å²) in [5.74, 6) is -0.331. The van der Waals surface area contributed by atoms with E-state index < -0.39 is 11.6 Å². The fourth-order valence-corrected chi connectivity index (χ4v) is 3.91. The predicted molar refractivity (Wildman–Crippen MR) is 70.2 cm³/mol. The fourth-order valence-electron chi connectivity index (χ4n) is 3.91. The van der Waals surface area contributed by atoms with E-state index in [1.165, 1.54) is 0 Å². The number of fused-ring (bicyclic) bond motifs is 1. The molecule has 0 aromatic heterocycles. The minimum absolute atomic E-state index is 0.0849. The second-order valence-corrected chi connectivity index (χ2v) is 7.11. The van der Waals surface area contributed by atoms with E-state index >= 15 is 0 Å². The van der Waals surface area contributed by atoms with Crippen molar-refractivity contribution in [3.05, 3.63) is 11.1 Å². The number of carboxylic acids is 1. The number of hydrogen-bond donors (Lipinski definition) is 2. The lowest BCUT2D eigenvalue weighted by Crippen LogP contribution is -2.40. The highest BCUT2D eigenvalue weighted by molar-refractivity contribution is 5.87. The molecule has 2 saturated carbocycles. The average molecular weight is 252 g/mol. The molecule has 2 rings (SSSR count). The maximum absolute atomic E-state index is 11.2. The van der Waals surface area contributed by atoms with Gasteiger partial charge in [-0.2, -0.15) is 0 Å². The fraction of sp³-hybridized carbons (Fsp3) is 0.800. The van der Waals surface area contributed by atoms with Crippen molar-refractivity contribution in [3.63, 3.8) is 0 Å². The second kappa shape index (κ2) is 4.09. The van der Waals surface area contributed by atoms with Gasteiger partial charge in [0.1, 0.15) is 0 Å². The topological polar surface area (TPSA) is 57.5 Å². The molecule has 2 fully saturated rings. The van der Waals surface area contributed by atoms with Gasteiger partial charge in [0.15, 0.2) is 0 Å². The summed E-state index contributed by atoms with van der Waals surface area (Å²) in [7, 11) is 0. The van der Waals surface area contributed by atoms with Gasteiger partial charge < -0.3 is 10.2 Å². The second-order valence-electron chi connectivity index (χ2n) is 7.11. The molecule has 0 amide bonds. The Labute approximate surface area is 109 Å². The van der Waals surface area contributed by atoms with Crippen molar-refractivity contribution in [2.75, 3.05) is 0 Å². The molecule has 0 bridgehead atoms. The van der Waals surface area contributed by atoms with Crippen molar-refractivity contribution in [2.24, 2.45) is 17.3 Å². The molecule has 0 heterocycles. The van der Waals surface area contributed by atoms with Gasteiger partial charge in [0, 0.05) is 5.57 Å². The molecule has 0 unspecified atom stereocenters. The van der Waals surface area contributed by atoms with Crippen LogP contribution in [0.3, 0.4) is 0 Å². The number of rotatable bonds is 1. The summed E-state index contributed by atoms with van der Waals surface area (Å²) in [5.41, 5.74) is 1.02. The molecule has 18 heavy (non-hydrogen) atoms. The maximum Gasteiger partial charge on any atom is 0.331 e. The summed E-state index contributed by atoms with van der Waals surface area (Å²) >= 11 is 0. The molecular formula is C15H24O3. The van der Waals surface area contributed by atoms with Crippen LogP contribution in [0.1, 0.15) is 53.4 Å². The van der Waals surface area contributed by atoms with Gasteiger partial charge in [-0.15, -0.1) is 0 Å². The van der Waals surface area contributed by atoms with Crippen LogP contribution in [0.15, 0.2) is 11.1 Å². The van der Waals surface area contributed by atoms with Crippen LogP contribution in [0.4, 0.5) is 0 Å². The number of aliphatic carboxylic acids is 1. The van der Waals surface area contributed by atoms with Crippen molar-refractivity contribution in [1.82, 2.24) is 0 Å². The first-order chi connectivity index (χ1) is 8.14. The number of allylic oxidation sites excluding steroid dienone is 1. The van der Waals surface area contributed by atoms with Crippen LogP contribution in [0.2, 0.25) is 0 Å². The quantitative estimate of drug-likeness (QED) is 0.705. The number of aliphatic hydroxyl groups is 1. The van der Waals surface area contributed by atoms with Gasteiger partial charge in [0.25, 0.3) is 0 Å². The lowest BCUT2D eigenvalue weighted by atomic mass is 9.62. The highest BCUT2D eigenvalue weighted by Crippen LogP contribution is 2.56. The molecule has 2 aliphatic carbocycles. The van der Waals surface area contributed by atoms with E-state index in [-0.39, 0.29) is 17.3 Å². The zero-order valence-corrected chi connectivity index (χ0v) is 11.8.